The molecule has 0 radical (unpaired) electrons. The summed E-state index contributed by atoms with van der Waals surface area (Å²) in [6.07, 6.45) is 7.13. The Bertz CT molecular complexity index is 388. The maximum Gasteiger partial charge on any atom is 0.224 e. The van der Waals surface area contributed by atoms with Crippen molar-refractivity contribution in [3.05, 3.63) is 0 Å². The summed E-state index contributed by atoms with van der Waals surface area (Å²) in [6, 6.07) is 0. The third-order valence-electron chi connectivity index (χ3n) is 4.89. The Hall–Kier alpha value is -0.770. The van der Waals surface area contributed by atoms with Crippen LogP contribution in [0.25, 0.3) is 0 Å². The van der Waals surface area contributed by atoms with E-state index in [-0.39, 0.29) is 5.91 Å². The fourth-order valence-corrected chi connectivity index (χ4v) is 2.96. The van der Waals surface area contributed by atoms with E-state index in [2.05, 4.69) is 12.2 Å². The monoisotopic (exact) mass is 462 g/mol. The SMILES string of the molecule is CCCCOCCN(CCCCCCNC)C(=O)CCOCCOCCOCCOCC. The quantitative estimate of drug-likeness (QED) is 0.198. The van der Waals surface area contributed by atoms with Gasteiger partial charge in [-0.25, -0.2) is 0 Å². The standard InChI is InChI=1S/C24H50N2O6/c1-4-6-15-29-17-14-26(13-10-8-7-9-12-25-3)24(27)11-16-30-20-21-32-23-22-31-19-18-28-5-2/h25H,4-23H2,1-3H3. The van der Waals surface area contributed by atoms with Gasteiger partial charge < -0.3 is 33.9 Å². The van der Waals surface area contributed by atoms with Crippen LogP contribution in [0, 0.1) is 0 Å². The average molecular weight is 463 g/mol. The van der Waals surface area contributed by atoms with Gasteiger partial charge in [-0.3, -0.25) is 4.79 Å². The largest absolute Gasteiger partial charge is 0.380 e. The van der Waals surface area contributed by atoms with E-state index in [9.17, 15) is 4.79 Å². The summed E-state index contributed by atoms with van der Waals surface area (Å²) in [6.45, 7) is 12.4. The summed E-state index contributed by atoms with van der Waals surface area (Å²) in [4.78, 5) is 14.6. The van der Waals surface area contributed by atoms with Gasteiger partial charge in [0.2, 0.25) is 5.91 Å². The van der Waals surface area contributed by atoms with Gasteiger partial charge in [0.05, 0.1) is 59.3 Å². The molecule has 0 aliphatic carbocycles. The Labute approximate surface area is 196 Å². The second-order valence-corrected chi connectivity index (χ2v) is 7.65. The highest BCUT2D eigenvalue weighted by molar-refractivity contribution is 5.76. The Morgan fingerprint density at radius 2 is 1.25 bits per heavy atom. The van der Waals surface area contributed by atoms with Crippen LogP contribution in [0.2, 0.25) is 0 Å². The molecule has 0 fully saturated rings. The molecular formula is C24H50N2O6. The number of hydrogen-bond donors (Lipinski definition) is 1. The molecule has 0 unspecified atom stereocenters. The predicted octanol–water partition coefficient (Wildman–Crippen LogP) is 2.89. The number of nitrogens with zero attached hydrogens (tertiary/aromatic N) is 1. The predicted molar refractivity (Wildman–Crippen MR) is 128 cm³/mol. The zero-order chi connectivity index (χ0) is 23.5. The van der Waals surface area contributed by atoms with E-state index >= 15 is 0 Å². The van der Waals surface area contributed by atoms with E-state index in [1.54, 1.807) is 0 Å². The molecule has 0 heterocycles. The minimum absolute atomic E-state index is 0.142. The maximum atomic E-state index is 12.6. The lowest BCUT2D eigenvalue weighted by atomic mass is 10.2. The first-order valence-corrected chi connectivity index (χ1v) is 12.6. The molecule has 0 saturated heterocycles. The van der Waals surface area contributed by atoms with Gasteiger partial charge in [0, 0.05) is 26.3 Å². The smallest absolute Gasteiger partial charge is 0.224 e. The second-order valence-electron chi connectivity index (χ2n) is 7.65. The normalized spacial score (nSPS) is 11.2. The zero-order valence-corrected chi connectivity index (χ0v) is 21.0. The van der Waals surface area contributed by atoms with Gasteiger partial charge >= 0.3 is 0 Å². The van der Waals surface area contributed by atoms with Gasteiger partial charge in [0.25, 0.3) is 0 Å². The highest BCUT2D eigenvalue weighted by atomic mass is 16.6. The first-order valence-electron chi connectivity index (χ1n) is 12.6. The summed E-state index contributed by atoms with van der Waals surface area (Å²) in [5, 5.41) is 3.17. The molecule has 0 aliphatic heterocycles. The Morgan fingerprint density at radius 3 is 1.88 bits per heavy atom. The van der Waals surface area contributed by atoms with E-state index in [0.29, 0.717) is 72.4 Å². The van der Waals surface area contributed by atoms with E-state index < -0.39 is 0 Å². The Kier molecular flexibility index (Phi) is 25.8. The van der Waals surface area contributed by atoms with Crippen molar-refractivity contribution in [2.75, 3.05) is 92.8 Å². The topological polar surface area (TPSA) is 78.5 Å². The van der Waals surface area contributed by atoms with Crippen molar-refractivity contribution < 1.29 is 28.5 Å². The molecule has 0 aromatic heterocycles. The van der Waals surface area contributed by atoms with Crippen LogP contribution in [0.15, 0.2) is 0 Å². The van der Waals surface area contributed by atoms with Crippen LogP contribution in [0.5, 0.6) is 0 Å². The van der Waals surface area contributed by atoms with E-state index in [1.807, 2.05) is 18.9 Å². The van der Waals surface area contributed by atoms with Crippen molar-refractivity contribution in [3.63, 3.8) is 0 Å². The first-order chi connectivity index (χ1) is 15.8. The van der Waals surface area contributed by atoms with E-state index in [1.165, 1.54) is 12.8 Å². The van der Waals surface area contributed by atoms with Crippen molar-refractivity contribution >= 4 is 5.91 Å². The van der Waals surface area contributed by atoms with Gasteiger partial charge in [0.15, 0.2) is 0 Å². The fraction of sp³-hybridized carbons (Fsp3) is 0.958. The molecule has 8 nitrogen and oxygen atoms in total. The van der Waals surface area contributed by atoms with Crippen molar-refractivity contribution in [1.82, 2.24) is 10.2 Å². The van der Waals surface area contributed by atoms with Gasteiger partial charge in [-0.1, -0.05) is 26.2 Å². The highest BCUT2D eigenvalue weighted by Gasteiger charge is 2.13. The van der Waals surface area contributed by atoms with Gasteiger partial charge in [-0.15, -0.1) is 0 Å². The minimum Gasteiger partial charge on any atom is -0.380 e. The molecule has 32 heavy (non-hydrogen) atoms. The third kappa shape index (κ3) is 22.4. The number of amides is 1. The maximum absolute atomic E-state index is 12.6. The van der Waals surface area contributed by atoms with Gasteiger partial charge in [-0.05, 0) is 39.8 Å². The molecule has 0 bridgehead atoms. The summed E-state index contributed by atoms with van der Waals surface area (Å²) in [5.74, 6) is 0.142. The van der Waals surface area contributed by atoms with Crippen LogP contribution < -0.4 is 5.32 Å². The van der Waals surface area contributed by atoms with Crippen LogP contribution >= 0.6 is 0 Å². The molecule has 0 spiro atoms. The molecule has 0 rings (SSSR count). The lowest BCUT2D eigenvalue weighted by Crippen LogP contribution is -2.35. The molecule has 8 heteroatoms. The van der Waals surface area contributed by atoms with Crippen LogP contribution in [0.3, 0.4) is 0 Å². The summed E-state index contributed by atoms with van der Waals surface area (Å²) in [5.41, 5.74) is 0. The molecule has 1 amide bonds. The van der Waals surface area contributed by atoms with Crippen molar-refractivity contribution in [2.45, 2.75) is 58.8 Å². The lowest BCUT2D eigenvalue weighted by Gasteiger charge is -2.23. The number of hydrogen-bond acceptors (Lipinski definition) is 7. The van der Waals surface area contributed by atoms with Gasteiger partial charge in [-0.2, -0.15) is 0 Å². The third-order valence-corrected chi connectivity index (χ3v) is 4.89. The Morgan fingerprint density at radius 1 is 0.656 bits per heavy atom. The highest BCUT2D eigenvalue weighted by Crippen LogP contribution is 2.04. The summed E-state index contributed by atoms with van der Waals surface area (Å²) < 4.78 is 27.3. The molecule has 1 N–H and O–H groups in total. The molecule has 0 aliphatic rings. The van der Waals surface area contributed by atoms with Crippen LogP contribution in [0.4, 0.5) is 0 Å². The summed E-state index contributed by atoms with van der Waals surface area (Å²) >= 11 is 0. The van der Waals surface area contributed by atoms with E-state index in [4.69, 9.17) is 23.7 Å². The summed E-state index contributed by atoms with van der Waals surface area (Å²) in [7, 11) is 1.98. The van der Waals surface area contributed by atoms with Crippen molar-refractivity contribution in [3.8, 4) is 0 Å². The second kappa shape index (κ2) is 26.5. The number of unbranched alkanes of at least 4 members (excludes halogenated alkanes) is 4. The average Bonchev–Trinajstić information content (AvgIpc) is 2.80. The number of carbonyl (C=O) groups excluding carboxylic acids is 1. The molecule has 0 saturated carbocycles. The first kappa shape index (κ1) is 31.2. The molecular weight excluding hydrogens is 412 g/mol. The number of rotatable bonds is 26. The fourth-order valence-electron chi connectivity index (χ4n) is 2.96. The number of carbonyl (C=O) groups is 1. The molecule has 0 aromatic carbocycles. The molecule has 0 atom stereocenters. The van der Waals surface area contributed by atoms with Crippen LogP contribution in [-0.2, 0) is 28.5 Å². The number of nitrogens with one attached hydrogen (secondary N) is 1. The van der Waals surface area contributed by atoms with Crippen molar-refractivity contribution in [2.24, 2.45) is 0 Å². The zero-order valence-electron chi connectivity index (χ0n) is 21.0. The van der Waals surface area contributed by atoms with Gasteiger partial charge in [0.1, 0.15) is 0 Å². The Balaban J connectivity index is 3.85. The number of ether oxygens (including phenoxy) is 5. The lowest BCUT2D eigenvalue weighted by molar-refractivity contribution is -0.133. The van der Waals surface area contributed by atoms with Crippen LogP contribution in [-0.4, -0.2) is 104 Å². The van der Waals surface area contributed by atoms with E-state index in [0.717, 1.165) is 45.4 Å². The molecule has 0 aromatic rings. The minimum atomic E-state index is 0.142. The molecule has 192 valence electrons. The van der Waals surface area contributed by atoms with Crippen molar-refractivity contribution in [1.29, 1.82) is 0 Å². The van der Waals surface area contributed by atoms with Crippen LogP contribution in [0.1, 0.15) is 58.8 Å².